The maximum Gasteiger partial charge on any atom is 0.327 e. The Bertz CT molecular complexity index is 1360. The van der Waals surface area contributed by atoms with Crippen molar-refractivity contribution in [2.75, 3.05) is 5.32 Å². The number of urea groups is 1. The Kier molecular flexibility index (Phi) is 4.81. The van der Waals surface area contributed by atoms with Crippen molar-refractivity contribution in [3.8, 4) is 0 Å². The second-order valence-electron chi connectivity index (χ2n) is 6.34. The number of hydrogen-bond donors (Lipinski definition) is 2. The van der Waals surface area contributed by atoms with Crippen LogP contribution in [-0.4, -0.2) is 25.7 Å². The number of thiazole rings is 1. The van der Waals surface area contributed by atoms with Gasteiger partial charge in [-0.15, -0.1) is 0 Å². The normalized spacial score (nSPS) is 11.0. The van der Waals surface area contributed by atoms with Gasteiger partial charge in [0.05, 0.1) is 21.1 Å². The summed E-state index contributed by atoms with van der Waals surface area (Å²) in [7, 11) is 0. The number of nitrogens with zero attached hydrogens (tertiary/aromatic N) is 3. The Balaban J connectivity index is 1.57. The second-order valence-corrected chi connectivity index (χ2v) is 7.75. The molecule has 2 N–H and O–H groups in total. The van der Waals surface area contributed by atoms with Gasteiger partial charge in [-0.25, -0.2) is 23.7 Å². The molecule has 0 saturated heterocycles. The van der Waals surface area contributed by atoms with E-state index in [-0.39, 0.29) is 21.8 Å². The number of carbonyl (C=O) groups excluding carboxylic acids is 1. The fourth-order valence-electron chi connectivity index (χ4n) is 2.88. The van der Waals surface area contributed by atoms with E-state index >= 15 is 0 Å². The van der Waals surface area contributed by atoms with E-state index in [1.54, 1.807) is 6.92 Å². The number of hydrogen-bond acceptors (Lipinski definition) is 6. The lowest BCUT2D eigenvalue weighted by Crippen LogP contribution is -2.42. The third-order valence-corrected chi connectivity index (χ3v) is 5.41. The highest BCUT2D eigenvalue weighted by molar-refractivity contribution is 7.80. The summed E-state index contributed by atoms with van der Waals surface area (Å²) in [5.41, 5.74) is 1.60. The summed E-state index contributed by atoms with van der Waals surface area (Å²) in [6, 6.07) is 8.84. The zero-order valence-electron chi connectivity index (χ0n) is 15.3. The predicted octanol–water partition coefficient (Wildman–Crippen LogP) is 3.72. The van der Waals surface area contributed by atoms with Crippen molar-refractivity contribution < 1.29 is 9.18 Å². The molecule has 0 radical (unpaired) electrons. The average molecular weight is 427 g/mol. The van der Waals surface area contributed by atoms with Crippen molar-refractivity contribution in [3.63, 3.8) is 0 Å². The topological polar surface area (TPSA) is 88.9 Å². The molecule has 7 nitrogen and oxygen atoms in total. The van der Waals surface area contributed by atoms with Crippen molar-refractivity contribution in [3.05, 3.63) is 64.0 Å². The molecule has 2 heterocycles. The van der Waals surface area contributed by atoms with Crippen LogP contribution >= 0.6 is 23.6 Å². The molecular weight excluding hydrogens is 413 g/mol. The van der Waals surface area contributed by atoms with E-state index in [1.807, 2.05) is 25.1 Å². The molecule has 146 valence electrons. The zero-order valence-corrected chi connectivity index (χ0v) is 16.9. The minimum absolute atomic E-state index is 0.138. The molecule has 4 rings (SSSR count). The Labute approximate surface area is 173 Å². The van der Waals surface area contributed by atoms with E-state index in [0.29, 0.717) is 5.13 Å². The highest BCUT2D eigenvalue weighted by Gasteiger charge is 2.15. The molecule has 0 saturated carbocycles. The summed E-state index contributed by atoms with van der Waals surface area (Å²) in [5, 5.41) is 5.54. The molecule has 0 aliphatic rings. The number of aromatic nitrogens is 3. The van der Waals surface area contributed by atoms with Crippen LogP contribution in [0.1, 0.15) is 11.4 Å². The molecule has 4 aromatic rings. The molecule has 0 aliphatic heterocycles. The van der Waals surface area contributed by atoms with Crippen molar-refractivity contribution in [2.24, 2.45) is 0 Å². The Morgan fingerprint density at radius 1 is 1.14 bits per heavy atom. The first-order chi connectivity index (χ1) is 13.8. The first kappa shape index (κ1) is 19.1. The molecule has 0 bridgehead atoms. The van der Waals surface area contributed by atoms with Gasteiger partial charge in [0.15, 0.2) is 10.2 Å². The van der Waals surface area contributed by atoms with E-state index in [2.05, 4.69) is 20.6 Å². The molecule has 29 heavy (non-hydrogen) atoms. The highest BCUT2D eigenvalue weighted by Crippen LogP contribution is 2.26. The molecule has 0 aliphatic carbocycles. The van der Waals surface area contributed by atoms with Crippen molar-refractivity contribution in [1.82, 2.24) is 19.9 Å². The predicted molar refractivity (Wildman–Crippen MR) is 115 cm³/mol. The summed E-state index contributed by atoms with van der Waals surface area (Å²) in [5.74, 6) is -0.262. The molecule has 0 spiro atoms. The third-order valence-electron chi connectivity index (χ3n) is 4.19. The van der Waals surface area contributed by atoms with E-state index in [1.165, 1.54) is 29.5 Å². The number of carbonyl (C=O) groups is 1. The standard InChI is InChI=1S/C19H14FN5O2S2/c1-9-3-6-13-15(7-9)29-18(22-13)23-17(27)24-19(28)25-10(2)21-14-8-11(20)4-5-12(14)16(25)26/h3-8H,1-2H3,(H2,22,23,24,27,28). The molecule has 10 heteroatoms. The van der Waals surface area contributed by atoms with Gasteiger partial charge in [-0.3, -0.25) is 15.4 Å². The summed E-state index contributed by atoms with van der Waals surface area (Å²) >= 11 is 6.55. The Morgan fingerprint density at radius 3 is 2.72 bits per heavy atom. The highest BCUT2D eigenvalue weighted by atomic mass is 32.1. The number of amides is 2. The van der Waals surface area contributed by atoms with Crippen molar-refractivity contribution in [2.45, 2.75) is 13.8 Å². The Hall–Kier alpha value is -3.24. The summed E-state index contributed by atoms with van der Waals surface area (Å²) in [6.07, 6.45) is 0. The first-order valence-electron chi connectivity index (χ1n) is 8.50. The van der Waals surface area contributed by atoms with Crippen molar-refractivity contribution >= 4 is 60.9 Å². The van der Waals surface area contributed by atoms with Crippen LogP contribution in [0.3, 0.4) is 0 Å². The van der Waals surface area contributed by atoms with Crippen molar-refractivity contribution in [1.29, 1.82) is 0 Å². The monoisotopic (exact) mass is 427 g/mol. The van der Waals surface area contributed by atoms with Gasteiger partial charge >= 0.3 is 6.03 Å². The van der Waals surface area contributed by atoms with Crippen LogP contribution < -0.4 is 16.2 Å². The molecule has 2 aromatic carbocycles. The van der Waals surface area contributed by atoms with Gasteiger partial charge in [0.25, 0.3) is 5.56 Å². The number of halogens is 1. The smallest absolute Gasteiger partial charge is 0.284 e. The maximum atomic E-state index is 13.4. The quantitative estimate of drug-likeness (QED) is 0.452. The van der Waals surface area contributed by atoms with Gasteiger partial charge in [0, 0.05) is 6.07 Å². The third kappa shape index (κ3) is 3.71. The van der Waals surface area contributed by atoms with Gasteiger partial charge in [-0.2, -0.15) is 0 Å². The average Bonchev–Trinajstić information content (AvgIpc) is 3.02. The van der Waals surface area contributed by atoms with Crippen LogP contribution in [0.5, 0.6) is 0 Å². The Morgan fingerprint density at radius 2 is 1.93 bits per heavy atom. The van der Waals surface area contributed by atoms with Crippen LogP contribution in [0.4, 0.5) is 14.3 Å². The lowest BCUT2D eigenvalue weighted by molar-refractivity contribution is 0.256. The molecule has 0 atom stereocenters. The molecule has 0 unspecified atom stereocenters. The van der Waals surface area contributed by atoms with Crippen LogP contribution in [-0.2, 0) is 0 Å². The molecular formula is C19H14FN5O2S2. The first-order valence-corrected chi connectivity index (χ1v) is 9.73. The van der Waals surface area contributed by atoms with Gasteiger partial charge < -0.3 is 0 Å². The van der Waals surface area contributed by atoms with Crippen LogP contribution in [0.25, 0.3) is 21.1 Å². The number of fused-ring (bicyclic) bond motifs is 2. The van der Waals surface area contributed by atoms with E-state index in [0.717, 1.165) is 20.3 Å². The lowest BCUT2D eigenvalue weighted by atomic mass is 10.2. The van der Waals surface area contributed by atoms with Gasteiger partial charge in [0.1, 0.15) is 11.6 Å². The zero-order chi connectivity index (χ0) is 20.7. The van der Waals surface area contributed by atoms with Crippen LogP contribution in [0, 0.1) is 19.7 Å². The fraction of sp³-hybridized carbons (Fsp3) is 0.105. The lowest BCUT2D eigenvalue weighted by Gasteiger charge is -2.12. The number of nitrogens with one attached hydrogen (secondary N) is 2. The summed E-state index contributed by atoms with van der Waals surface area (Å²) in [4.78, 5) is 33.6. The van der Waals surface area contributed by atoms with Gasteiger partial charge in [-0.05, 0) is 55.9 Å². The van der Waals surface area contributed by atoms with E-state index < -0.39 is 17.4 Å². The van der Waals surface area contributed by atoms with Crippen LogP contribution in [0.2, 0.25) is 0 Å². The SMILES string of the molecule is Cc1ccc2nc(NC(=O)NC(=S)n3c(C)nc4cc(F)ccc4c3=O)sc2c1. The molecule has 0 fully saturated rings. The number of rotatable bonds is 1. The summed E-state index contributed by atoms with van der Waals surface area (Å²) in [6.45, 7) is 3.52. The molecule has 2 amide bonds. The minimum atomic E-state index is -0.628. The fourth-order valence-corrected chi connectivity index (χ4v) is 4.14. The maximum absolute atomic E-state index is 13.4. The number of benzene rings is 2. The number of thiocarbonyl (C=S) groups is 1. The number of anilines is 1. The van der Waals surface area contributed by atoms with E-state index in [4.69, 9.17) is 12.2 Å². The largest absolute Gasteiger partial charge is 0.327 e. The minimum Gasteiger partial charge on any atom is -0.284 e. The van der Waals surface area contributed by atoms with Gasteiger partial charge in [0.2, 0.25) is 0 Å². The van der Waals surface area contributed by atoms with Gasteiger partial charge in [-0.1, -0.05) is 17.4 Å². The van der Waals surface area contributed by atoms with E-state index in [9.17, 15) is 14.0 Å². The number of aryl methyl sites for hydroxylation is 2. The van der Waals surface area contributed by atoms with Crippen LogP contribution in [0.15, 0.2) is 41.2 Å². The molecule has 2 aromatic heterocycles. The summed E-state index contributed by atoms with van der Waals surface area (Å²) < 4.78 is 15.4. The second kappa shape index (κ2) is 7.30.